The van der Waals surface area contributed by atoms with Gasteiger partial charge in [0.25, 0.3) is 5.22 Å². The fourth-order valence-electron chi connectivity index (χ4n) is 3.28. The molecule has 0 bridgehead atoms. The molecule has 0 aliphatic heterocycles. The van der Waals surface area contributed by atoms with E-state index in [1.807, 2.05) is 62.4 Å². The molecule has 29 heavy (non-hydrogen) atoms. The smallest absolute Gasteiger partial charge is 0.277 e. The molecule has 0 aliphatic rings. The van der Waals surface area contributed by atoms with Crippen molar-refractivity contribution in [1.82, 2.24) is 15.2 Å². The molecule has 0 fully saturated rings. The first kappa shape index (κ1) is 19.3. The molecule has 7 heteroatoms. The van der Waals surface area contributed by atoms with Crippen LogP contribution in [0.1, 0.15) is 34.4 Å². The molecular formula is C22H21N3O3S. The summed E-state index contributed by atoms with van der Waals surface area (Å²) in [5, 5.41) is 9.19. The lowest BCUT2D eigenvalue weighted by atomic mass is 10.1. The number of carbonyl (C=O) groups is 1. The molecule has 2 aromatic carbocycles. The number of hydrogen-bond acceptors (Lipinski definition) is 6. The van der Waals surface area contributed by atoms with Crippen molar-refractivity contribution in [3.05, 3.63) is 71.2 Å². The molecule has 0 aliphatic carbocycles. The van der Waals surface area contributed by atoms with Gasteiger partial charge in [0.2, 0.25) is 5.89 Å². The number of aromatic amines is 1. The molecule has 0 radical (unpaired) electrons. The minimum atomic E-state index is -0.345. The normalized spacial score (nSPS) is 12.2. The van der Waals surface area contributed by atoms with E-state index in [1.54, 1.807) is 7.11 Å². The van der Waals surface area contributed by atoms with Crippen LogP contribution in [0.4, 0.5) is 0 Å². The lowest BCUT2D eigenvalue weighted by Crippen LogP contribution is -2.14. The number of aromatic nitrogens is 3. The second kappa shape index (κ2) is 8.13. The highest BCUT2D eigenvalue weighted by atomic mass is 32.2. The van der Waals surface area contributed by atoms with Crippen LogP contribution in [-0.4, -0.2) is 33.3 Å². The van der Waals surface area contributed by atoms with Crippen molar-refractivity contribution in [2.75, 3.05) is 7.11 Å². The van der Waals surface area contributed by atoms with Gasteiger partial charge in [0.15, 0.2) is 5.78 Å². The fourth-order valence-corrected chi connectivity index (χ4v) is 4.04. The number of methoxy groups -OCH3 is 1. The van der Waals surface area contributed by atoms with Crippen molar-refractivity contribution >= 4 is 28.4 Å². The summed E-state index contributed by atoms with van der Waals surface area (Å²) in [6, 6.07) is 15.5. The van der Waals surface area contributed by atoms with Crippen LogP contribution < -0.4 is 4.74 Å². The SMILES string of the molecule is COc1ccc(Cc2nnc(S[C@H](C)C(=O)c3c(C)[nH]c4ccccc34)o2)cc1. The van der Waals surface area contributed by atoms with Crippen LogP contribution in [0.2, 0.25) is 0 Å². The van der Waals surface area contributed by atoms with Crippen molar-refractivity contribution in [2.24, 2.45) is 0 Å². The molecule has 4 aromatic rings. The van der Waals surface area contributed by atoms with Crippen LogP contribution in [0.3, 0.4) is 0 Å². The van der Waals surface area contributed by atoms with Crippen molar-refractivity contribution in [1.29, 1.82) is 0 Å². The maximum atomic E-state index is 13.1. The summed E-state index contributed by atoms with van der Waals surface area (Å²) in [4.78, 5) is 16.3. The number of aryl methyl sites for hydroxylation is 1. The maximum Gasteiger partial charge on any atom is 0.277 e. The van der Waals surface area contributed by atoms with Gasteiger partial charge < -0.3 is 14.1 Å². The van der Waals surface area contributed by atoms with Crippen LogP contribution in [0.5, 0.6) is 5.75 Å². The Morgan fingerprint density at radius 3 is 2.69 bits per heavy atom. The molecule has 0 unspecified atom stereocenters. The van der Waals surface area contributed by atoms with Gasteiger partial charge in [0, 0.05) is 22.2 Å². The Bertz CT molecular complexity index is 1150. The second-order valence-corrected chi connectivity index (χ2v) is 8.07. The summed E-state index contributed by atoms with van der Waals surface area (Å²) in [7, 11) is 1.64. The molecule has 1 N–H and O–H groups in total. The van der Waals surface area contributed by atoms with E-state index in [1.165, 1.54) is 11.8 Å². The topological polar surface area (TPSA) is 81.0 Å². The molecule has 2 heterocycles. The number of nitrogens with zero attached hydrogens (tertiary/aromatic N) is 2. The Labute approximate surface area is 172 Å². The third kappa shape index (κ3) is 4.05. The fraction of sp³-hybridized carbons (Fsp3) is 0.227. The van der Waals surface area contributed by atoms with E-state index in [-0.39, 0.29) is 11.0 Å². The monoisotopic (exact) mass is 407 g/mol. The summed E-state index contributed by atoms with van der Waals surface area (Å²) in [5.74, 6) is 1.36. The second-order valence-electron chi connectivity index (χ2n) is 6.78. The third-order valence-electron chi connectivity index (χ3n) is 4.75. The number of ether oxygens (including phenoxy) is 1. The Morgan fingerprint density at radius 2 is 1.93 bits per heavy atom. The molecule has 6 nitrogen and oxygen atoms in total. The number of benzene rings is 2. The number of rotatable bonds is 7. The number of para-hydroxylation sites is 1. The summed E-state index contributed by atoms with van der Waals surface area (Å²) in [6.07, 6.45) is 0.529. The number of H-pyrrole nitrogens is 1. The van der Waals surface area contributed by atoms with Gasteiger partial charge in [0.05, 0.1) is 18.8 Å². The van der Waals surface area contributed by atoms with Crippen molar-refractivity contribution < 1.29 is 13.9 Å². The van der Waals surface area contributed by atoms with Gasteiger partial charge in [-0.15, -0.1) is 10.2 Å². The highest BCUT2D eigenvalue weighted by Gasteiger charge is 2.24. The number of thioether (sulfide) groups is 1. The summed E-state index contributed by atoms with van der Waals surface area (Å²) >= 11 is 1.28. The van der Waals surface area contributed by atoms with E-state index in [2.05, 4.69) is 15.2 Å². The molecule has 4 rings (SSSR count). The molecule has 0 saturated heterocycles. The van der Waals surface area contributed by atoms with Crippen LogP contribution in [0.25, 0.3) is 10.9 Å². The quantitative estimate of drug-likeness (QED) is 0.349. The molecule has 2 aromatic heterocycles. The van der Waals surface area contributed by atoms with Gasteiger partial charge >= 0.3 is 0 Å². The minimum Gasteiger partial charge on any atom is -0.497 e. The molecule has 0 amide bonds. The predicted octanol–water partition coefficient (Wildman–Crippen LogP) is 4.82. The first-order chi connectivity index (χ1) is 14.0. The van der Waals surface area contributed by atoms with E-state index in [9.17, 15) is 4.79 Å². The number of Topliss-reactive ketones (excluding diaryl/α,β-unsaturated/α-hetero) is 1. The van der Waals surface area contributed by atoms with Gasteiger partial charge in [-0.05, 0) is 37.6 Å². The van der Waals surface area contributed by atoms with Crippen LogP contribution >= 0.6 is 11.8 Å². The lowest BCUT2D eigenvalue weighted by molar-refractivity contribution is 0.0994. The average Bonchev–Trinajstić information content (AvgIpc) is 3.30. The predicted molar refractivity (Wildman–Crippen MR) is 113 cm³/mol. The van der Waals surface area contributed by atoms with Gasteiger partial charge in [-0.25, -0.2) is 0 Å². The highest BCUT2D eigenvalue weighted by molar-refractivity contribution is 8.00. The van der Waals surface area contributed by atoms with Crippen LogP contribution in [0, 0.1) is 6.92 Å². The highest BCUT2D eigenvalue weighted by Crippen LogP contribution is 2.29. The minimum absolute atomic E-state index is 0.0415. The standard InChI is InChI=1S/C22H21N3O3S/c1-13-20(17-6-4-5-7-18(17)23-13)21(26)14(2)29-22-25-24-19(28-22)12-15-8-10-16(27-3)11-9-15/h4-11,14,23H,12H2,1-3H3/t14-/m1/s1. The van der Waals surface area contributed by atoms with E-state index in [0.717, 1.165) is 33.5 Å². The first-order valence-electron chi connectivity index (χ1n) is 9.28. The Morgan fingerprint density at radius 1 is 1.17 bits per heavy atom. The lowest BCUT2D eigenvalue weighted by Gasteiger charge is -2.07. The number of ketones is 1. The number of carbonyl (C=O) groups excluding carboxylic acids is 1. The average molecular weight is 407 g/mol. The zero-order valence-corrected chi connectivity index (χ0v) is 17.2. The first-order valence-corrected chi connectivity index (χ1v) is 10.2. The van der Waals surface area contributed by atoms with Gasteiger partial charge in [0.1, 0.15) is 5.75 Å². The van der Waals surface area contributed by atoms with Gasteiger partial charge in [-0.1, -0.05) is 42.1 Å². The molecule has 1 atom stereocenters. The van der Waals surface area contributed by atoms with Crippen LogP contribution in [-0.2, 0) is 6.42 Å². The maximum absolute atomic E-state index is 13.1. The zero-order valence-electron chi connectivity index (χ0n) is 16.4. The van der Waals surface area contributed by atoms with E-state index >= 15 is 0 Å². The molecule has 0 saturated carbocycles. The summed E-state index contributed by atoms with van der Waals surface area (Å²) < 4.78 is 10.9. The Hall–Kier alpha value is -3.06. The Kier molecular flexibility index (Phi) is 5.40. The van der Waals surface area contributed by atoms with Crippen molar-refractivity contribution in [3.63, 3.8) is 0 Å². The molecule has 148 valence electrons. The van der Waals surface area contributed by atoms with Gasteiger partial charge in [-0.2, -0.15) is 0 Å². The molecular weight excluding hydrogens is 386 g/mol. The number of fused-ring (bicyclic) bond motifs is 1. The summed E-state index contributed by atoms with van der Waals surface area (Å²) in [6.45, 7) is 3.78. The van der Waals surface area contributed by atoms with E-state index in [0.29, 0.717) is 17.5 Å². The molecule has 0 spiro atoms. The third-order valence-corrected chi connectivity index (χ3v) is 5.68. The zero-order chi connectivity index (χ0) is 20.4. The largest absolute Gasteiger partial charge is 0.497 e. The van der Waals surface area contributed by atoms with E-state index < -0.39 is 0 Å². The Balaban J connectivity index is 1.46. The number of hydrogen-bond donors (Lipinski definition) is 1. The van der Waals surface area contributed by atoms with Crippen molar-refractivity contribution in [2.45, 2.75) is 30.7 Å². The van der Waals surface area contributed by atoms with Gasteiger partial charge in [-0.3, -0.25) is 4.79 Å². The van der Waals surface area contributed by atoms with Crippen molar-refractivity contribution in [3.8, 4) is 5.75 Å². The van der Waals surface area contributed by atoms with Crippen LogP contribution in [0.15, 0.2) is 58.2 Å². The number of nitrogens with one attached hydrogen (secondary N) is 1. The summed E-state index contributed by atoms with van der Waals surface area (Å²) in [5.41, 5.74) is 3.60. The van der Waals surface area contributed by atoms with E-state index in [4.69, 9.17) is 9.15 Å².